The van der Waals surface area contributed by atoms with Gasteiger partial charge in [0.15, 0.2) is 5.11 Å². The van der Waals surface area contributed by atoms with E-state index in [1.165, 1.54) is 0 Å². The van der Waals surface area contributed by atoms with Crippen LogP contribution in [0, 0.1) is 0 Å². The van der Waals surface area contributed by atoms with E-state index >= 15 is 0 Å². The lowest BCUT2D eigenvalue weighted by atomic mass is 10.2. The highest BCUT2D eigenvalue weighted by Crippen LogP contribution is 2.11. The Morgan fingerprint density at radius 2 is 2.29 bits per heavy atom. The van der Waals surface area contributed by atoms with Crippen molar-refractivity contribution in [2.75, 3.05) is 19.8 Å². The molecule has 1 saturated heterocycles. The molecule has 21 heavy (non-hydrogen) atoms. The number of hydrogen-bond acceptors (Lipinski definition) is 4. The minimum atomic E-state index is 0.264. The SMILES string of the molecule is CCOc1ccc(/C=N/NC(=S)NCC2CCCO2)cc1. The van der Waals surface area contributed by atoms with Gasteiger partial charge in [-0.25, -0.2) is 0 Å². The molecule has 1 aliphatic heterocycles. The molecule has 0 bridgehead atoms. The molecular formula is C15H21N3O2S. The maximum Gasteiger partial charge on any atom is 0.187 e. The number of nitrogens with one attached hydrogen (secondary N) is 2. The van der Waals surface area contributed by atoms with Gasteiger partial charge in [-0.15, -0.1) is 0 Å². The molecule has 1 aliphatic rings. The van der Waals surface area contributed by atoms with Crippen LogP contribution in [0.3, 0.4) is 0 Å². The monoisotopic (exact) mass is 307 g/mol. The Bertz CT molecular complexity index is 470. The van der Waals surface area contributed by atoms with Crippen molar-refractivity contribution in [2.24, 2.45) is 5.10 Å². The predicted molar refractivity (Wildman–Crippen MR) is 87.9 cm³/mol. The van der Waals surface area contributed by atoms with Crippen molar-refractivity contribution in [1.29, 1.82) is 0 Å². The molecule has 1 fully saturated rings. The molecule has 5 nitrogen and oxygen atoms in total. The quantitative estimate of drug-likeness (QED) is 0.479. The van der Waals surface area contributed by atoms with Gasteiger partial charge in [0.2, 0.25) is 0 Å². The first-order valence-electron chi connectivity index (χ1n) is 7.19. The van der Waals surface area contributed by atoms with Crippen molar-refractivity contribution >= 4 is 23.5 Å². The summed E-state index contributed by atoms with van der Waals surface area (Å²) >= 11 is 5.15. The summed E-state index contributed by atoms with van der Waals surface area (Å²) < 4.78 is 10.9. The summed E-state index contributed by atoms with van der Waals surface area (Å²) in [5.74, 6) is 0.858. The fourth-order valence-electron chi connectivity index (χ4n) is 2.03. The molecule has 2 N–H and O–H groups in total. The molecule has 1 heterocycles. The van der Waals surface area contributed by atoms with Gasteiger partial charge in [0.05, 0.1) is 18.9 Å². The fourth-order valence-corrected chi connectivity index (χ4v) is 2.17. The second kappa shape index (κ2) is 8.59. The molecule has 0 aliphatic carbocycles. The molecule has 0 amide bonds. The van der Waals surface area contributed by atoms with Crippen LogP contribution in [-0.4, -0.2) is 37.2 Å². The minimum Gasteiger partial charge on any atom is -0.494 e. The van der Waals surface area contributed by atoms with E-state index in [1.54, 1.807) is 6.21 Å². The van der Waals surface area contributed by atoms with Crippen molar-refractivity contribution in [3.05, 3.63) is 29.8 Å². The van der Waals surface area contributed by atoms with Crippen LogP contribution < -0.4 is 15.5 Å². The van der Waals surface area contributed by atoms with Gasteiger partial charge in [-0.2, -0.15) is 5.10 Å². The molecule has 1 atom stereocenters. The van der Waals surface area contributed by atoms with Gasteiger partial charge in [0.1, 0.15) is 5.75 Å². The average molecular weight is 307 g/mol. The van der Waals surface area contributed by atoms with Crippen LogP contribution in [0.15, 0.2) is 29.4 Å². The standard InChI is InChI=1S/C15H21N3O2S/c1-2-19-13-7-5-12(6-8-13)10-17-18-15(21)16-11-14-4-3-9-20-14/h5-8,10,14H,2-4,9,11H2,1H3,(H2,16,18,21)/b17-10+. The number of benzene rings is 1. The molecule has 114 valence electrons. The maximum atomic E-state index is 5.51. The Hall–Kier alpha value is -1.66. The van der Waals surface area contributed by atoms with Crippen molar-refractivity contribution in [3.63, 3.8) is 0 Å². The third kappa shape index (κ3) is 5.69. The first-order chi connectivity index (χ1) is 10.3. The summed E-state index contributed by atoms with van der Waals surface area (Å²) in [5, 5.41) is 7.71. The Kier molecular flexibility index (Phi) is 6.43. The molecule has 6 heteroatoms. The molecule has 0 spiro atoms. The summed E-state index contributed by atoms with van der Waals surface area (Å²) in [6.45, 7) is 4.20. The van der Waals surface area contributed by atoms with Crippen LogP contribution in [0.25, 0.3) is 0 Å². The lowest BCUT2D eigenvalue weighted by Gasteiger charge is -2.11. The van der Waals surface area contributed by atoms with E-state index in [1.807, 2.05) is 31.2 Å². The summed E-state index contributed by atoms with van der Waals surface area (Å²) in [7, 11) is 0. The van der Waals surface area contributed by atoms with Crippen LogP contribution in [0.2, 0.25) is 0 Å². The number of nitrogens with zero attached hydrogens (tertiary/aromatic N) is 1. The molecule has 1 unspecified atom stereocenters. The number of ether oxygens (including phenoxy) is 2. The van der Waals surface area contributed by atoms with E-state index in [9.17, 15) is 0 Å². The largest absolute Gasteiger partial charge is 0.494 e. The van der Waals surface area contributed by atoms with Gasteiger partial charge >= 0.3 is 0 Å². The smallest absolute Gasteiger partial charge is 0.187 e. The number of rotatable bonds is 6. The number of hydrazone groups is 1. The van der Waals surface area contributed by atoms with Gasteiger partial charge in [0.25, 0.3) is 0 Å². The zero-order valence-corrected chi connectivity index (χ0v) is 13.0. The van der Waals surface area contributed by atoms with Gasteiger partial charge < -0.3 is 14.8 Å². The van der Waals surface area contributed by atoms with Crippen LogP contribution in [0.1, 0.15) is 25.3 Å². The Labute approximate surface area is 130 Å². The topological polar surface area (TPSA) is 54.9 Å². The summed E-state index contributed by atoms with van der Waals surface area (Å²) in [6.07, 6.45) is 4.20. The second-order valence-electron chi connectivity index (χ2n) is 4.72. The average Bonchev–Trinajstić information content (AvgIpc) is 3.01. The first-order valence-corrected chi connectivity index (χ1v) is 7.60. The summed E-state index contributed by atoms with van der Waals surface area (Å²) in [6, 6.07) is 7.72. The van der Waals surface area contributed by atoms with Crippen molar-refractivity contribution in [3.8, 4) is 5.75 Å². The van der Waals surface area contributed by atoms with Crippen LogP contribution in [0.5, 0.6) is 5.75 Å². The molecule has 0 radical (unpaired) electrons. The third-order valence-electron chi connectivity index (χ3n) is 3.09. The van der Waals surface area contributed by atoms with E-state index in [4.69, 9.17) is 21.7 Å². The third-order valence-corrected chi connectivity index (χ3v) is 3.32. The molecule has 2 rings (SSSR count). The minimum absolute atomic E-state index is 0.264. The molecule has 1 aromatic rings. The van der Waals surface area contributed by atoms with Crippen molar-refractivity contribution in [1.82, 2.24) is 10.7 Å². The highest BCUT2D eigenvalue weighted by molar-refractivity contribution is 7.80. The van der Waals surface area contributed by atoms with E-state index in [-0.39, 0.29) is 6.10 Å². The van der Waals surface area contributed by atoms with E-state index in [0.29, 0.717) is 11.7 Å². The van der Waals surface area contributed by atoms with Gasteiger partial charge in [-0.05, 0) is 61.8 Å². The van der Waals surface area contributed by atoms with E-state index in [0.717, 1.165) is 37.3 Å². The van der Waals surface area contributed by atoms with Gasteiger partial charge in [0, 0.05) is 13.2 Å². The molecular weight excluding hydrogens is 286 g/mol. The van der Waals surface area contributed by atoms with Crippen LogP contribution >= 0.6 is 12.2 Å². The number of hydrogen-bond donors (Lipinski definition) is 2. The van der Waals surface area contributed by atoms with Crippen LogP contribution in [-0.2, 0) is 4.74 Å². The highest BCUT2D eigenvalue weighted by atomic mass is 32.1. The number of thiocarbonyl (C=S) groups is 1. The Balaban J connectivity index is 1.69. The summed E-state index contributed by atoms with van der Waals surface area (Å²) in [4.78, 5) is 0. The van der Waals surface area contributed by atoms with Crippen molar-refractivity contribution in [2.45, 2.75) is 25.9 Å². The zero-order chi connectivity index (χ0) is 14.9. The highest BCUT2D eigenvalue weighted by Gasteiger charge is 2.14. The summed E-state index contributed by atoms with van der Waals surface area (Å²) in [5.41, 5.74) is 3.78. The molecule has 0 aromatic heterocycles. The first kappa shape index (κ1) is 15.7. The van der Waals surface area contributed by atoms with Gasteiger partial charge in [-0.3, -0.25) is 5.43 Å². The molecule has 0 saturated carbocycles. The normalized spacial score (nSPS) is 17.9. The van der Waals surface area contributed by atoms with Crippen LogP contribution in [0.4, 0.5) is 0 Å². The zero-order valence-electron chi connectivity index (χ0n) is 12.2. The fraction of sp³-hybridized carbons (Fsp3) is 0.467. The van der Waals surface area contributed by atoms with Crippen molar-refractivity contribution < 1.29 is 9.47 Å². The second-order valence-corrected chi connectivity index (χ2v) is 5.13. The van der Waals surface area contributed by atoms with E-state index < -0.39 is 0 Å². The Morgan fingerprint density at radius 3 is 2.95 bits per heavy atom. The Morgan fingerprint density at radius 1 is 1.48 bits per heavy atom. The lowest BCUT2D eigenvalue weighted by molar-refractivity contribution is 0.114. The maximum absolute atomic E-state index is 5.51. The van der Waals surface area contributed by atoms with Gasteiger partial charge in [-0.1, -0.05) is 0 Å². The lowest BCUT2D eigenvalue weighted by Crippen LogP contribution is -2.37. The van der Waals surface area contributed by atoms with E-state index in [2.05, 4.69) is 15.8 Å². The molecule has 1 aromatic carbocycles. The predicted octanol–water partition coefficient (Wildman–Crippen LogP) is 2.06.